The first-order chi connectivity index (χ1) is 11.5. The highest BCUT2D eigenvalue weighted by Crippen LogP contribution is 2.40. The van der Waals surface area contributed by atoms with Gasteiger partial charge in [-0.2, -0.15) is 0 Å². The highest BCUT2D eigenvalue weighted by atomic mass is 19.1. The van der Waals surface area contributed by atoms with E-state index in [0.717, 1.165) is 38.1 Å². The summed E-state index contributed by atoms with van der Waals surface area (Å²) in [4.78, 5) is 16.9. The molecule has 0 aromatic heterocycles. The van der Waals surface area contributed by atoms with Crippen LogP contribution in [0.2, 0.25) is 0 Å². The zero-order valence-electron chi connectivity index (χ0n) is 14.6. The summed E-state index contributed by atoms with van der Waals surface area (Å²) in [5.74, 6) is -0.181. The number of methoxy groups -OCH3 is 1. The molecule has 0 N–H and O–H groups in total. The molecule has 0 saturated carbocycles. The lowest BCUT2D eigenvalue weighted by atomic mass is 9.85. The molecule has 2 aliphatic heterocycles. The van der Waals surface area contributed by atoms with E-state index in [0.29, 0.717) is 6.04 Å². The highest BCUT2D eigenvalue weighted by Gasteiger charge is 2.46. The molecule has 2 saturated heterocycles. The Hall–Kier alpha value is -1.46. The number of ether oxygens (including phenoxy) is 1. The van der Waals surface area contributed by atoms with E-state index in [9.17, 15) is 9.18 Å². The van der Waals surface area contributed by atoms with Gasteiger partial charge >= 0.3 is 0 Å². The molecule has 3 rings (SSSR count). The minimum atomic E-state index is -0.283. The number of benzene rings is 1. The van der Waals surface area contributed by atoms with Gasteiger partial charge in [0.05, 0.1) is 13.0 Å². The van der Waals surface area contributed by atoms with Gasteiger partial charge in [-0.25, -0.2) is 4.39 Å². The van der Waals surface area contributed by atoms with Crippen LogP contribution in [0.25, 0.3) is 0 Å². The van der Waals surface area contributed by atoms with Gasteiger partial charge in [0.25, 0.3) is 0 Å². The van der Waals surface area contributed by atoms with Gasteiger partial charge in [-0.3, -0.25) is 9.69 Å². The van der Waals surface area contributed by atoms with Crippen molar-refractivity contribution in [2.24, 2.45) is 0 Å². The van der Waals surface area contributed by atoms with Crippen molar-refractivity contribution in [3.05, 3.63) is 35.6 Å². The second-order valence-electron chi connectivity index (χ2n) is 7.17. The number of piperidine rings is 1. The molecule has 1 aromatic carbocycles. The molecule has 2 heterocycles. The van der Waals surface area contributed by atoms with Crippen LogP contribution in [-0.4, -0.2) is 61.1 Å². The Morgan fingerprint density at radius 2 is 2.08 bits per heavy atom. The fourth-order valence-electron chi connectivity index (χ4n) is 4.29. The molecule has 1 unspecified atom stereocenters. The molecule has 1 aromatic rings. The van der Waals surface area contributed by atoms with Crippen molar-refractivity contribution in [1.29, 1.82) is 0 Å². The number of halogens is 1. The zero-order chi connectivity index (χ0) is 17.2. The molecule has 5 heteroatoms. The minimum absolute atomic E-state index is 0.101. The maximum Gasteiger partial charge on any atom is 0.226 e. The first kappa shape index (κ1) is 17.4. The van der Waals surface area contributed by atoms with E-state index in [-0.39, 0.29) is 23.7 Å². The van der Waals surface area contributed by atoms with Crippen LogP contribution in [0.3, 0.4) is 0 Å². The average molecular weight is 334 g/mol. The summed E-state index contributed by atoms with van der Waals surface area (Å²) in [6.07, 6.45) is 4.66. The standard InChI is InChI=1S/C19H27FN2O2/c1-21-17(14-24-2)6-7-19(21)8-10-22(11-9-19)18(23)13-15-4-3-5-16(20)12-15/h3-5,12,17H,6-11,13-14H2,1-2H3. The van der Waals surface area contributed by atoms with Gasteiger partial charge in [-0.15, -0.1) is 0 Å². The fraction of sp³-hybridized carbons (Fsp3) is 0.632. The summed E-state index contributed by atoms with van der Waals surface area (Å²) in [6, 6.07) is 6.82. The molecular formula is C19H27FN2O2. The lowest BCUT2D eigenvalue weighted by Crippen LogP contribution is -2.54. The molecule has 1 amide bonds. The van der Waals surface area contributed by atoms with Gasteiger partial charge in [-0.05, 0) is 50.4 Å². The van der Waals surface area contributed by atoms with Crippen LogP contribution in [0, 0.1) is 5.82 Å². The number of hydrogen-bond acceptors (Lipinski definition) is 3. The van der Waals surface area contributed by atoms with Crippen molar-refractivity contribution >= 4 is 5.91 Å². The van der Waals surface area contributed by atoms with Crippen molar-refractivity contribution in [2.45, 2.75) is 43.7 Å². The van der Waals surface area contributed by atoms with Gasteiger partial charge in [0.1, 0.15) is 5.82 Å². The Morgan fingerprint density at radius 1 is 1.33 bits per heavy atom. The van der Waals surface area contributed by atoms with Crippen LogP contribution in [0.15, 0.2) is 24.3 Å². The lowest BCUT2D eigenvalue weighted by Gasteiger charge is -2.45. The third-order valence-corrected chi connectivity index (χ3v) is 5.89. The van der Waals surface area contributed by atoms with E-state index in [1.807, 2.05) is 11.0 Å². The van der Waals surface area contributed by atoms with Crippen LogP contribution in [0.5, 0.6) is 0 Å². The van der Waals surface area contributed by atoms with Crippen molar-refractivity contribution < 1.29 is 13.9 Å². The average Bonchev–Trinajstić information content (AvgIpc) is 2.86. The highest BCUT2D eigenvalue weighted by molar-refractivity contribution is 5.78. The number of carbonyl (C=O) groups excluding carboxylic acids is 1. The van der Waals surface area contributed by atoms with Gasteiger partial charge in [0, 0.05) is 31.8 Å². The molecule has 0 aliphatic carbocycles. The molecule has 2 aliphatic rings. The summed E-state index contributed by atoms with van der Waals surface area (Å²) < 4.78 is 18.6. The van der Waals surface area contributed by atoms with Crippen molar-refractivity contribution in [3.63, 3.8) is 0 Å². The molecule has 0 radical (unpaired) electrons. The molecule has 0 bridgehead atoms. The SMILES string of the molecule is COCC1CCC2(CCN(C(=O)Cc3cccc(F)c3)CC2)N1C. The number of likely N-dealkylation sites (tertiary alicyclic amines) is 2. The first-order valence-electron chi connectivity index (χ1n) is 8.78. The maximum absolute atomic E-state index is 13.3. The predicted molar refractivity (Wildman–Crippen MR) is 91.3 cm³/mol. The maximum atomic E-state index is 13.3. The Labute approximate surface area is 143 Å². The van der Waals surface area contributed by atoms with Gasteiger partial charge in [0.2, 0.25) is 5.91 Å². The monoisotopic (exact) mass is 334 g/mol. The Kier molecular flexibility index (Phi) is 5.21. The molecule has 1 spiro atoms. The summed E-state index contributed by atoms with van der Waals surface area (Å²) in [5.41, 5.74) is 0.970. The smallest absolute Gasteiger partial charge is 0.226 e. The van der Waals surface area contributed by atoms with Crippen LogP contribution < -0.4 is 0 Å². The normalized spacial score (nSPS) is 23.8. The van der Waals surface area contributed by atoms with Crippen molar-refractivity contribution in [2.75, 3.05) is 33.9 Å². The second-order valence-corrected chi connectivity index (χ2v) is 7.17. The van der Waals surface area contributed by atoms with E-state index in [1.54, 1.807) is 13.2 Å². The molecule has 1 atom stereocenters. The molecule has 2 fully saturated rings. The van der Waals surface area contributed by atoms with Gasteiger partial charge in [0.15, 0.2) is 0 Å². The van der Waals surface area contributed by atoms with E-state index in [1.165, 1.54) is 25.0 Å². The quantitative estimate of drug-likeness (QED) is 0.848. The predicted octanol–water partition coefficient (Wildman–Crippen LogP) is 2.47. The third kappa shape index (κ3) is 3.47. The summed E-state index contributed by atoms with van der Waals surface area (Å²) in [7, 11) is 3.95. The zero-order valence-corrected chi connectivity index (χ0v) is 14.6. The molecular weight excluding hydrogens is 307 g/mol. The fourth-order valence-corrected chi connectivity index (χ4v) is 4.29. The molecule has 24 heavy (non-hydrogen) atoms. The third-order valence-electron chi connectivity index (χ3n) is 5.89. The minimum Gasteiger partial charge on any atom is -0.383 e. The number of nitrogens with zero attached hydrogens (tertiary/aromatic N) is 2. The lowest BCUT2D eigenvalue weighted by molar-refractivity contribution is -0.133. The number of carbonyl (C=O) groups is 1. The summed E-state index contributed by atoms with van der Waals surface area (Å²) in [6.45, 7) is 2.36. The van der Waals surface area contributed by atoms with Crippen molar-refractivity contribution in [3.8, 4) is 0 Å². The van der Waals surface area contributed by atoms with Gasteiger partial charge in [-0.1, -0.05) is 12.1 Å². The number of rotatable bonds is 4. The topological polar surface area (TPSA) is 32.8 Å². The van der Waals surface area contributed by atoms with E-state index in [2.05, 4.69) is 11.9 Å². The van der Waals surface area contributed by atoms with Crippen LogP contribution in [-0.2, 0) is 16.0 Å². The first-order valence-corrected chi connectivity index (χ1v) is 8.78. The Bertz CT molecular complexity index is 584. The number of amides is 1. The van der Waals surface area contributed by atoms with Crippen LogP contribution in [0.4, 0.5) is 4.39 Å². The van der Waals surface area contributed by atoms with Crippen LogP contribution >= 0.6 is 0 Å². The van der Waals surface area contributed by atoms with E-state index < -0.39 is 0 Å². The molecule has 132 valence electrons. The largest absolute Gasteiger partial charge is 0.383 e. The van der Waals surface area contributed by atoms with E-state index >= 15 is 0 Å². The van der Waals surface area contributed by atoms with Gasteiger partial charge < -0.3 is 9.64 Å². The summed E-state index contributed by atoms with van der Waals surface area (Å²) in [5, 5.41) is 0. The van der Waals surface area contributed by atoms with Crippen molar-refractivity contribution in [1.82, 2.24) is 9.80 Å². The Morgan fingerprint density at radius 3 is 2.75 bits per heavy atom. The number of likely N-dealkylation sites (N-methyl/N-ethyl adjacent to an activating group) is 1. The number of hydrogen-bond donors (Lipinski definition) is 0. The second kappa shape index (κ2) is 7.19. The van der Waals surface area contributed by atoms with Crippen LogP contribution in [0.1, 0.15) is 31.2 Å². The van der Waals surface area contributed by atoms with E-state index in [4.69, 9.17) is 4.74 Å². The Balaban J connectivity index is 1.56. The summed E-state index contributed by atoms with van der Waals surface area (Å²) >= 11 is 0. The molecule has 4 nitrogen and oxygen atoms in total.